The molecule has 31 heavy (non-hydrogen) atoms. The first-order chi connectivity index (χ1) is 14.9. The summed E-state index contributed by atoms with van der Waals surface area (Å²) in [5.74, 6) is 0.251. The quantitative estimate of drug-likeness (QED) is 0.347. The van der Waals surface area contributed by atoms with E-state index in [9.17, 15) is 13.2 Å². The molecule has 0 bridgehead atoms. The molecule has 1 aliphatic heterocycles. The molecule has 2 aromatic carbocycles. The Morgan fingerprint density at radius 2 is 1.58 bits per heavy atom. The van der Waals surface area contributed by atoms with E-state index < -0.39 is 16.0 Å². The van der Waals surface area contributed by atoms with Crippen molar-refractivity contribution >= 4 is 22.1 Å². The normalized spacial score (nSPS) is 15.5. The first-order valence-electron chi connectivity index (χ1n) is 10.6. The molecule has 1 aliphatic rings. The molecule has 0 N–H and O–H groups in total. The van der Waals surface area contributed by atoms with Gasteiger partial charge in [0, 0.05) is 19.2 Å². The molecule has 3 rings (SSSR count). The van der Waals surface area contributed by atoms with Crippen molar-refractivity contribution in [3.63, 3.8) is 0 Å². The fourth-order valence-electron chi connectivity index (χ4n) is 3.33. The van der Waals surface area contributed by atoms with Crippen LogP contribution >= 0.6 is 0 Å². The zero-order valence-electron chi connectivity index (χ0n) is 17.8. The van der Waals surface area contributed by atoms with Crippen molar-refractivity contribution in [2.45, 2.75) is 37.5 Å². The van der Waals surface area contributed by atoms with Crippen molar-refractivity contribution in [3.8, 4) is 5.75 Å². The van der Waals surface area contributed by atoms with Crippen LogP contribution in [0.1, 0.15) is 36.8 Å². The third-order valence-electron chi connectivity index (χ3n) is 5.11. The van der Waals surface area contributed by atoms with Crippen LogP contribution in [0.3, 0.4) is 0 Å². The third kappa shape index (κ3) is 6.94. The fourth-order valence-corrected chi connectivity index (χ4v) is 4.85. The van der Waals surface area contributed by atoms with E-state index in [2.05, 4.69) is 0 Å². The standard InChI is InChI=1S/C24H29NO5S/c1-20-6-11-22(12-7-20)29-18-19-30-24(26)15-10-21-8-13-23(14-9-21)31(27,28)25-16-4-2-3-5-17-25/h6-15H,2-5,16-19H2,1H3. The number of carbonyl (C=O) groups excluding carboxylic acids is 1. The van der Waals surface area contributed by atoms with Crippen LogP contribution < -0.4 is 4.74 Å². The van der Waals surface area contributed by atoms with Gasteiger partial charge in [0.15, 0.2) is 0 Å². The van der Waals surface area contributed by atoms with E-state index in [1.807, 2.05) is 31.2 Å². The van der Waals surface area contributed by atoms with Gasteiger partial charge in [-0.2, -0.15) is 4.31 Å². The number of sulfonamides is 1. The van der Waals surface area contributed by atoms with Gasteiger partial charge in [-0.3, -0.25) is 0 Å². The summed E-state index contributed by atoms with van der Waals surface area (Å²) < 4.78 is 37.8. The molecule has 0 spiro atoms. The van der Waals surface area contributed by atoms with E-state index in [0.717, 1.165) is 42.6 Å². The van der Waals surface area contributed by atoms with Gasteiger partial charge in [-0.05, 0) is 55.7 Å². The Morgan fingerprint density at radius 3 is 2.23 bits per heavy atom. The second kappa shape index (κ2) is 11.1. The minimum Gasteiger partial charge on any atom is -0.490 e. The summed E-state index contributed by atoms with van der Waals surface area (Å²) in [6.45, 7) is 3.56. The maximum atomic E-state index is 12.8. The van der Waals surface area contributed by atoms with Crippen LogP contribution in [0.25, 0.3) is 6.08 Å². The van der Waals surface area contributed by atoms with E-state index in [1.165, 1.54) is 6.08 Å². The fraction of sp³-hybridized carbons (Fsp3) is 0.375. The molecular weight excluding hydrogens is 414 g/mol. The van der Waals surface area contributed by atoms with Crippen LogP contribution in [-0.4, -0.2) is 45.0 Å². The highest BCUT2D eigenvalue weighted by Crippen LogP contribution is 2.21. The minimum atomic E-state index is -3.47. The molecule has 0 radical (unpaired) electrons. The van der Waals surface area contributed by atoms with Gasteiger partial charge < -0.3 is 9.47 Å². The van der Waals surface area contributed by atoms with Crippen molar-refractivity contribution in [3.05, 3.63) is 65.7 Å². The highest BCUT2D eigenvalue weighted by atomic mass is 32.2. The Kier molecular flexibility index (Phi) is 8.26. The van der Waals surface area contributed by atoms with Crippen LogP contribution in [0, 0.1) is 6.92 Å². The lowest BCUT2D eigenvalue weighted by atomic mass is 10.2. The maximum absolute atomic E-state index is 12.8. The van der Waals surface area contributed by atoms with Gasteiger partial charge in [0.05, 0.1) is 4.90 Å². The molecule has 0 atom stereocenters. The van der Waals surface area contributed by atoms with E-state index in [4.69, 9.17) is 9.47 Å². The number of hydrogen-bond acceptors (Lipinski definition) is 5. The van der Waals surface area contributed by atoms with Gasteiger partial charge in [0.25, 0.3) is 0 Å². The Balaban J connectivity index is 1.47. The summed E-state index contributed by atoms with van der Waals surface area (Å²) in [6, 6.07) is 14.2. The van der Waals surface area contributed by atoms with Crippen molar-refractivity contribution in [2.24, 2.45) is 0 Å². The van der Waals surface area contributed by atoms with Crippen molar-refractivity contribution in [1.82, 2.24) is 4.31 Å². The summed E-state index contributed by atoms with van der Waals surface area (Å²) in [7, 11) is -3.47. The van der Waals surface area contributed by atoms with E-state index >= 15 is 0 Å². The first kappa shape index (κ1) is 23.0. The zero-order valence-corrected chi connectivity index (χ0v) is 18.6. The van der Waals surface area contributed by atoms with Gasteiger partial charge in [-0.15, -0.1) is 0 Å². The molecule has 0 saturated carbocycles. The largest absolute Gasteiger partial charge is 0.490 e. The lowest BCUT2D eigenvalue weighted by Crippen LogP contribution is -2.31. The summed E-state index contributed by atoms with van der Waals surface area (Å²) in [4.78, 5) is 12.2. The molecular formula is C24H29NO5S. The summed E-state index contributed by atoms with van der Waals surface area (Å²) >= 11 is 0. The highest BCUT2D eigenvalue weighted by Gasteiger charge is 2.24. The third-order valence-corrected chi connectivity index (χ3v) is 7.03. The molecule has 2 aromatic rings. The minimum absolute atomic E-state index is 0.143. The topological polar surface area (TPSA) is 72.9 Å². The second-order valence-electron chi connectivity index (χ2n) is 7.55. The van der Waals surface area contributed by atoms with E-state index in [1.54, 1.807) is 34.6 Å². The monoisotopic (exact) mass is 443 g/mol. The van der Waals surface area contributed by atoms with Gasteiger partial charge >= 0.3 is 5.97 Å². The molecule has 7 heteroatoms. The number of hydrogen-bond donors (Lipinski definition) is 0. The lowest BCUT2D eigenvalue weighted by molar-refractivity contribution is -0.138. The smallest absolute Gasteiger partial charge is 0.330 e. The molecule has 1 heterocycles. The SMILES string of the molecule is Cc1ccc(OCCOC(=O)C=Cc2ccc(S(=O)(=O)N3CCCCCC3)cc2)cc1. The van der Waals surface area contributed by atoms with E-state index in [0.29, 0.717) is 13.1 Å². The molecule has 0 aliphatic carbocycles. The average Bonchev–Trinajstić information content (AvgIpc) is 3.07. The molecule has 166 valence electrons. The summed E-state index contributed by atoms with van der Waals surface area (Å²) in [6.07, 6.45) is 6.87. The van der Waals surface area contributed by atoms with Crippen molar-refractivity contribution in [1.29, 1.82) is 0 Å². The number of rotatable bonds is 8. The van der Waals surface area contributed by atoms with Gasteiger partial charge in [-0.25, -0.2) is 13.2 Å². The average molecular weight is 444 g/mol. The highest BCUT2D eigenvalue weighted by molar-refractivity contribution is 7.89. The number of esters is 1. The summed E-state index contributed by atoms with van der Waals surface area (Å²) in [5, 5.41) is 0. The molecule has 0 aromatic heterocycles. The van der Waals surface area contributed by atoms with E-state index in [-0.39, 0.29) is 18.1 Å². The van der Waals surface area contributed by atoms with Gasteiger partial charge in [0.1, 0.15) is 19.0 Å². The molecule has 1 saturated heterocycles. The number of ether oxygens (including phenoxy) is 2. The van der Waals surface area contributed by atoms with Crippen LogP contribution in [0.15, 0.2) is 59.5 Å². The Bertz CT molecular complexity index is 974. The predicted octanol–water partition coefficient (Wildman–Crippen LogP) is 4.20. The van der Waals surface area contributed by atoms with Crippen LogP contribution in [-0.2, 0) is 19.6 Å². The Hall–Kier alpha value is -2.64. The number of nitrogens with zero attached hydrogens (tertiary/aromatic N) is 1. The molecule has 6 nitrogen and oxygen atoms in total. The zero-order chi connectivity index (χ0) is 22.1. The number of aryl methyl sites for hydroxylation is 1. The lowest BCUT2D eigenvalue weighted by Gasteiger charge is -2.19. The van der Waals surface area contributed by atoms with Crippen LogP contribution in [0.4, 0.5) is 0 Å². The maximum Gasteiger partial charge on any atom is 0.330 e. The van der Waals surface area contributed by atoms with Crippen molar-refractivity contribution in [2.75, 3.05) is 26.3 Å². The van der Waals surface area contributed by atoms with Crippen LogP contribution in [0.5, 0.6) is 5.75 Å². The molecule has 1 fully saturated rings. The van der Waals surface area contributed by atoms with Gasteiger partial charge in [0.2, 0.25) is 10.0 Å². The Labute approximate surface area is 184 Å². The molecule has 0 unspecified atom stereocenters. The van der Waals surface area contributed by atoms with Crippen LogP contribution in [0.2, 0.25) is 0 Å². The summed E-state index contributed by atoms with van der Waals surface area (Å²) in [5.41, 5.74) is 1.87. The number of benzene rings is 2. The first-order valence-corrected chi connectivity index (χ1v) is 12.0. The molecule has 0 amide bonds. The predicted molar refractivity (Wildman–Crippen MR) is 120 cm³/mol. The van der Waals surface area contributed by atoms with Crippen molar-refractivity contribution < 1.29 is 22.7 Å². The van der Waals surface area contributed by atoms with Gasteiger partial charge in [-0.1, -0.05) is 42.7 Å². The number of carbonyl (C=O) groups is 1. The Morgan fingerprint density at radius 1 is 0.935 bits per heavy atom. The second-order valence-corrected chi connectivity index (χ2v) is 9.49.